The molecule has 1 aliphatic heterocycles. The highest BCUT2D eigenvalue weighted by Crippen LogP contribution is 2.50. The van der Waals surface area contributed by atoms with Crippen molar-refractivity contribution in [2.75, 3.05) is 39.5 Å². The van der Waals surface area contributed by atoms with Gasteiger partial charge in [-0.2, -0.15) is 0 Å². The number of aromatic nitrogens is 2. The molecule has 2 aromatic heterocycles. The minimum Gasteiger partial charge on any atom is -0.461 e. The largest absolute Gasteiger partial charge is 0.461 e. The summed E-state index contributed by atoms with van der Waals surface area (Å²) in [5.41, 5.74) is 13.1. The molecule has 0 unspecified atom stereocenters. The molecular weight excluding hydrogens is 558 g/mol. The molecule has 3 heterocycles. The first kappa shape index (κ1) is 29.9. The molecule has 234 valence electrons. The maximum absolute atomic E-state index is 12.8. The van der Waals surface area contributed by atoms with Gasteiger partial charge in [0.05, 0.1) is 18.8 Å². The number of nitrogens with zero attached hydrogens (tertiary/aromatic N) is 3. The van der Waals surface area contributed by atoms with Crippen LogP contribution in [-0.2, 0) is 39.6 Å². The Labute approximate surface area is 267 Å². The van der Waals surface area contributed by atoms with E-state index in [1.807, 2.05) is 30.6 Å². The molecule has 6 heteroatoms. The Morgan fingerprint density at radius 2 is 1.69 bits per heavy atom. The number of hydrogen-bond acceptors (Lipinski definition) is 5. The first-order chi connectivity index (χ1) is 21.7. The van der Waals surface area contributed by atoms with E-state index in [2.05, 4.69) is 78.7 Å². The molecule has 0 amide bonds. The van der Waals surface area contributed by atoms with Crippen molar-refractivity contribution in [3.8, 4) is 16.8 Å². The van der Waals surface area contributed by atoms with Crippen LogP contribution in [-0.4, -0.2) is 59.9 Å². The van der Waals surface area contributed by atoms with E-state index < -0.39 is 0 Å². The molecule has 1 fully saturated rings. The molecule has 3 aliphatic rings. The molecule has 0 saturated carbocycles. The highest BCUT2D eigenvalue weighted by molar-refractivity contribution is 5.89. The Bertz CT molecular complexity index is 1700. The average molecular weight is 604 g/mol. The van der Waals surface area contributed by atoms with Gasteiger partial charge in [-0.25, -0.2) is 4.79 Å². The molecular formula is C39H45N3O3. The number of benzene rings is 2. The zero-order chi connectivity index (χ0) is 31.2. The van der Waals surface area contributed by atoms with Gasteiger partial charge in [-0.15, -0.1) is 0 Å². The molecule has 0 atom stereocenters. The van der Waals surface area contributed by atoms with Gasteiger partial charge in [0.2, 0.25) is 0 Å². The average Bonchev–Trinajstić information content (AvgIpc) is 3.42. The highest BCUT2D eigenvalue weighted by atomic mass is 16.5. The van der Waals surface area contributed by atoms with E-state index in [0.29, 0.717) is 12.2 Å². The summed E-state index contributed by atoms with van der Waals surface area (Å²) in [6.45, 7) is 14.0. The lowest BCUT2D eigenvalue weighted by Crippen LogP contribution is -2.38. The summed E-state index contributed by atoms with van der Waals surface area (Å²) in [4.78, 5) is 19.5. The topological polar surface area (TPSA) is 56.6 Å². The summed E-state index contributed by atoms with van der Waals surface area (Å²) in [5.74, 6) is -0.272. The fourth-order valence-electron chi connectivity index (χ4n) is 7.55. The van der Waals surface area contributed by atoms with E-state index in [1.165, 1.54) is 57.5 Å². The van der Waals surface area contributed by atoms with Gasteiger partial charge in [-0.1, -0.05) is 39.8 Å². The lowest BCUT2D eigenvalue weighted by atomic mass is 9.62. The van der Waals surface area contributed by atoms with E-state index in [4.69, 9.17) is 9.47 Å². The van der Waals surface area contributed by atoms with Crippen molar-refractivity contribution >= 4 is 5.97 Å². The third-order valence-corrected chi connectivity index (χ3v) is 10.4. The smallest absolute Gasteiger partial charge is 0.338 e. The van der Waals surface area contributed by atoms with Crippen LogP contribution in [0, 0.1) is 0 Å². The molecule has 4 aromatic rings. The van der Waals surface area contributed by atoms with E-state index >= 15 is 0 Å². The fourth-order valence-corrected chi connectivity index (χ4v) is 7.55. The summed E-state index contributed by atoms with van der Waals surface area (Å²) in [7, 11) is 0. The normalized spacial score (nSPS) is 18.5. The third-order valence-electron chi connectivity index (χ3n) is 10.4. The van der Waals surface area contributed by atoms with Crippen molar-refractivity contribution in [1.29, 1.82) is 0 Å². The van der Waals surface area contributed by atoms with Crippen LogP contribution >= 0.6 is 0 Å². The summed E-state index contributed by atoms with van der Waals surface area (Å²) in [6.07, 6.45) is 11.4. The first-order valence-corrected chi connectivity index (χ1v) is 16.6. The Kier molecular flexibility index (Phi) is 7.91. The van der Waals surface area contributed by atoms with Crippen LogP contribution in [0.25, 0.3) is 16.8 Å². The minimum absolute atomic E-state index is 0.149. The maximum atomic E-state index is 12.8. The van der Waals surface area contributed by atoms with Gasteiger partial charge in [-0.05, 0) is 106 Å². The number of pyridine rings is 1. The number of ether oxygens (including phenoxy) is 2. The maximum Gasteiger partial charge on any atom is 0.338 e. The van der Waals surface area contributed by atoms with Crippen molar-refractivity contribution in [1.82, 2.24) is 14.5 Å². The van der Waals surface area contributed by atoms with Gasteiger partial charge in [0, 0.05) is 61.6 Å². The third kappa shape index (κ3) is 5.86. The zero-order valence-corrected chi connectivity index (χ0v) is 27.2. The predicted molar refractivity (Wildman–Crippen MR) is 178 cm³/mol. The monoisotopic (exact) mass is 603 g/mol. The molecule has 45 heavy (non-hydrogen) atoms. The van der Waals surface area contributed by atoms with Crippen molar-refractivity contribution in [3.05, 3.63) is 106 Å². The van der Waals surface area contributed by atoms with Crippen molar-refractivity contribution in [3.63, 3.8) is 0 Å². The molecule has 1 saturated heterocycles. The SMILES string of the molecule is CC1(C)CCC(C)(C)c2cc3c(cc21)CCc1c-3c(Cc2cccnc2)cn1-c1ccc(C(=O)OCCN2CCOCC2)cc1. The van der Waals surface area contributed by atoms with Crippen molar-refractivity contribution in [2.24, 2.45) is 0 Å². The molecule has 6 nitrogen and oxygen atoms in total. The molecule has 0 spiro atoms. The number of hydrogen-bond donors (Lipinski definition) is 0. The fraction of sp³-hybridized carbons (Fsp3) is 0.436. The second kappa shape index (κ2) is 11.9. The summed E-state index contributed by atoms with van der Waals surface area (Å²) < 4.78 is 13.4. The quantitative estimate of drug-likeness (QED) is 0.212. The second-order valence-electron chi connectivity index (χ2n) is 14.3. The number of rotatable bonds is 7. The van der Waals surface area contributed by atoms with Crippen LogP contribution in [0.4, 0.5) is 0 Å². The Hall–Kier alpha value is -3.74. The highest BCUT2D eigenvalue weighted by Gasteiger charge is 2.39. The van der Waals surface area contributed by atoms with Crippen LogP contribution in [0.15, 0.2) is 67.1 Å². The second-order valence-corrected chi connectivity index (χ2v) is 14.3. The first-order valence-electron chi connectivity index (χ1n) is 16.6. The lowest BCUT2D eigenvalue weighted by molar-refractivity contribution is 0.0195. The summed E-state index contributed by atoms with van der Waals surface area (Å²) in [6, 6.07) is 17.2. The van der Waals surface area contributed by atoms with Gasteiger partial charge >= 0.3 is 5.97 Å². The van der Waals surface area contributed by atoms with Gasteiger partial charge in [0.15, 0.2) is 0 Å². The van der Waals surface area contributed by atoms with Gasteiger partial charge < -0.3 is 14.0 Å². The summed E-state index contributed by atoms with van der Waals surface area (Å²) in [5, 5.41) is 0. The number of esters is 1. The molecule has 2 aliphatic carbocycles. The van der Waals surface area contributed by atoms with E-state index in [0.717, 1.165) is 57.8 Å². The standard InChI is InChI=1S/C39H45N3O3/c1-38(2)13-14-39(3,4)34-24-32-29(23-33(34)38)9-12-35-36(32)30(22-27-6-5-15-40-25-27)26-42(35)31-10-7-28(8-11-31)37(43)45-21-18-41-16-19-44-20-17-41/h5-8,10-11,15,23-26H,9,12-14,16-22H2,1-4H3. The molecule has 7 rings (SSSR count). The van der Waals surface area contributed by atoms with E-state index in [-0.39, 0.29) is 16.8 Å². The zero-order valence-electron chi connectivity index (χ0n) is 27.2. The Morgan fingerprint density at radius 3 is 2.40 bits per heavy atom. The number of morpholine rings is 1. The van der Waals surface area contributed by atoms with Crippen LogP contribution in [0.5, 0.6) is 0 Å². The minimum atomic E-state index is -0.272. The Morgan fingerprint density at radius 1 is 0.956 bits per heavy atom. The predicted octanol–water partition coefficient (Wildman–Crippen LogP) is 7.07. The number of fused-ring (bicyclic) bond motifs is 4. The van der Waals surface area contributed by atoms with Gasteiger partial charge in [0.25, 0.3) is 0 Å². The van der Waals surface area contributed by atoms with Crippen LogP contribution < -0.4 is 0 Å². The van der Waals surface area contributed by atoms with Crippen LogP contribution in [0.3, 0.4) is 0 Å². The number of aryl methyl sites for hydroxylation is 1. The van der Waals surface area contributed by atoms with Crippen LogP contribution in [0.2, 0.25) is 0 Å². The number of carbonyl (C=O) groups excluding carboxylic acids is 1. The molecule has 2 aromatic carbocycles. The summed E-state index contributed by atoms with van der Waals surface area (Å²) >= 11 is 0. The Balaban J connectivity index is 1.22. The number of carbonyl (C=O) groups is 1. The molecule has 0 bridgehead atoms. The van der Waals surface area contributed by atoms with Crippen molar-refractivity contribution in [2.45, 2.75) is 70.6 Å². The van der Waals surface area contributed by atoms with Gasteiger partial charge in [0.1, 0.15) is 6.61 Å². The van der Waals surface area contributed by atoms with Crippen molar-refractivity contribution < 1.29 is 14.3 Å². The van der Waals surface area contributed by atoms with E-state index in [9.17, 15) is 4.79 Å². The molecule has 0 N–H and O–H groups in total. The molecule has 0 radical (unpaired) electrons. The lowest BCUT2D eigenvalue weighted by Gasteiger charge is -2.43. The van der Waals surface area contributed by atoms with Gasteiger partial charge in [-0.3, -0.25) is 9.88 Å². The van der Waals surface area contributed by atoms with E-state index in [1.54, 1.807) is 0 Å². The van der Waals surface area contributed by atoms with Crippen LogP contribution in [0.1, 0.15) is 84.4 Å².